The molecule has 1 saturated heterocycles. The molecule has 0 aliphatic carbocycles. The molecule has 0 amide bonds. The predicted octanol–water partition coefficient (Wildman–Crippen LogP) is 5.48. The van der Waals surface area contributed by atoms with Gasteiger partial charge in [0, 0.05) is 17.8 Å². The van der Waals surface area contributed by atoms with E-state index in [0.29, 0.717) is 17.0 Å². The number of nitrogens with one attached hydrogen (secondary N) is 1. The minimum Gasteiger partial charge on any atom is -0.424 e. The summed E-state index contributed by atoms with van der Waals surface area (Å²) in [7, 11) is 0. The van der Waals surface area contributed by atoms with E-state index in [2.05, 4.69) is 19.9 Å². The molecule has 6 nitrogen and oxygen atoms in total. The fraction of sp³-hybridized carbons (Fsp3) is 0.269. The average molecular weight is 444 g/mol. The van der Waals surface area contributed by atoms with Crippen LogP contribution < -0.4 is 10.1 Å². The van der Waals surface area contributed by atoms with Crippen molar-refractivity contribution in [2.45, 2.75) is 32.7 Å². The summed E-state index contributed by atoms with van der Waals surface area (Å²) in [5.41, 5.74) is 4.48. The number of benzene rings is 2. The normalized spacial score (nSPS) is 14.4. The van der Waals surface area contributed by atoms with Crippen LogP contribution in [-0.4, -0.2) is 32.6 Å². The maximum Gasteiger partial charge on any atom is 0.322 e. The maximum absolute atomic E-state index is 14.8. The van der Waals surface area contributed by atoms with Crippen LogP contribution in [0, 0.1) is 19.7 Å². The number of hydrogen-bond donors (Lipinski definition) is 1. The zero-order valence-corrected chi connectivity index (χ0v) is 18.8. The SMILES string of the molecule is Cc1cccc(C)c1Oc1nccc(-c2c(-c3ccccc3F)ncn2C2CCNCC2)n1. The lowest BCUT2D eigenvalue weighted by Crippen LogP contribution is -2.29. The Kier molecular flexibility index (Phi) is 5.88. The number of aromatic nitrogens is 4. The fourth-order valence-electron chi connectivity index (χ4n) is 4.40. The molecular formula is C26H26FN5O. The lowest BCUT2D eigenvalue weighted by Gasteiger charge is -2.25. The molecular weight excluding hydrogens is 417 g/mol. The Morgan fingerprint density at radius 2 is 1.73 bits per heavy atom. The zero-order valence-electron chi connectivity index (χ0n) is 18.8. The Morgan fingerprint density at radius 1 is 0.970 bits per heavy atom. The lowest BCUT2D eigenvalue weighted by atomic mass is 10.0. The number of nitrogens with zero attached hydrogens (tertiary/aromatic N) is 4. The van der Waals surface area contributed by atoms with Crippen molar-refractivity contribution < 1.29 is 9.13 Å². The van der Waals surface area contributed by atoms with Crippen LogP contribution in [0.1, 0.15) is 30.0 Å². The van der Waals surface area contributed by atoms with E-state index in [0.717, 1.165) is 48.5 Å². The van der Waals surface area contributed by atoms with Gasteiger partial charge in [0.15, 0.2) is 0 Å². The van der Waals surface area contributed by atoms with Crippen LogP contribution in [0.3, 0.4) is 0 Å². The number of piperidine rings is 1. The Labute approximate surface area is 192 Å². The number of imidazole rings is 1. The summed E-state index contributed by atoms with van der Waals surface area (Å²) in [6.07, 6.45) is 5.42. The third kappa shape index (κ3) is 4.24. The topological polar surface area (TPSA) is 64.9 Å². The number of para-hydroxylation sites is 1. The second kappa shape index (κ2) is 9.11. The van der Waals surface area contributed by atoms with Crippen molar-refractivity contribution in [3.8, 4) is 34.4 Å². The van der Waals surface area contributed by atoms with E-state index in [1.165, 1.54) is 6.07 Å². The van der Waals surface area contributed by atoms with Gasteiger partial charge in [-0.1, -0.05) is 30.3 Å². The second-order valence-electron chi connectivity index (χ2n) is 8.36. The maximum atomic E-state index is 14.8. The first kappa shape index (κ1) is 21.3. The van der Waals surface area contributed by atoms with Gasteiger partial charge >= 0.3 is 6.01 Å². The zero-order chi connectivity index (χ0) is 22.8. The molecule has 33 heavy (non-hydrogen) atoms. The highest BCUT2D eigenvalue weighted by molar-refractivity contribution is 5.77. The summed E-state index contributed by atoms with van der Waals surface area (Å²) in [6, 6.07) is 15.0. The van der Waals surface area contributed by atoms with Crippen LogP contribution in [0.15, 0.2) is 61.1 Å². The summed E-state index contributed by atoms with van der Waals surface area (Å²) in [5, 5.41) is 3.40. The van der Waals surface area contributed by atoms with Gasteiger partial charge in [0.25, 0.3) is 0 Å². The molecule has 0 saturated carbocycles. The standard InChI is InChI=1S/C26H26FN5O/c1-17-6-5-7-18(2)25(17)33-26-29-15-12-22(31-26)24-23(20-8-3-4-9-21(20)27)30-16-32(24)19-10-13-28-14-11-19/h3-9,12,15-16,19,28H,10-11,13-14H2,1-2H3. The summed E-state index contributed by atoms with van der Waals surface area (Å²) in [6.45, 7) is 5.85. The molecule has 0 radical (unpaired) electrons. The molecule has 0 atom stereocenters. The van der Waals surface area contributed by atoms with Gasteiger partial charge in [-0.3, -0.25) is 0 Å². The molecule has 168 valence electrons. The first-order chi connectivity index (χ1) is 16.1. The van der Waals surface area contributed by atoms with E-state index in [1.54, 1.807) is 24.7 Å². The van der Waals surface area contributed by atoms with Crippen LogP contribution in [0.5, 0.6) is 11.8 Å². The third-order valence-electron chi connectivity index (χ3n) is 6.10. The Bertz CT molecular complexity index is 1260. The predicted molar refractivity (Wildman–Crippen MR) is 126 cm³/mol. The third-order valence-corrected chi connectivity index (χ3v) is 6.10. The van der Waals surface area contributed by atoms with Crippen LogP contribution in [-0.2, 0) is 0 Å². The Balaban J connectivity index is 1.61. The molecule has 7 heteroatoms. The minimum atomic E-state index is -0.310. The fourth-order valence-corrected chi connectivity index (χ4v) is 4.40. The first-order valence-corrected chi connectivity index (χ1v) is 11.2. The monoisotopic (exact) mass is 443 g/mol. The van der Waals surface area contributed by atoms with Gasteiger partial charge in [-0.05, 0) is 69.1 Å². The lowest BCUT2D eigenvalue weighted by molar-refractivity contribution is 0.370. The van der Waals surface area contributed by atoms with E-state index in [1.807, 2.05) is 44.2 Å². The van der Waals surface area contributed by atoms with Gasteiger partial charge in [0.05, 0.1) is 17.7 Å². The van der Waals surface area contributed by atoms with Crippen molar-refractivity contribution in [1.82, 2.24) is 24.8 Å². The quantitative estimate of drug-likeness (QED) is 0.442. The highest BCUT2D eigenvalue weighted by atomic mass is 19.1. The number of hydrogen-bond acceptors (Lipinski definition) is 5. The van der Waals surface area contributed by atoms with Crippen molar-refractivity contribution in [2.24, 2.45) is 0 Å². The van der Waals surface area contributed by atoms with Crippen molar-refractivity contribution >= 4 is 0 Å². The van der Waals surface area contributed by atoms with Gasteiger partial charge in [-0.15, -0.1) is 0 Å². The van der Waals surface area contributed by atoms with Gasteiger partial charge in [-0.25, -0.2) is 14.4 Å². The summed E-state index contributed by atoms with van der Waals surface area (Å²) < 4.78 is 23.0. The minimum absolute atomic E-state index is 0.252. The molecule has 1 aliphatic heterocycles. The van der Waals surface area contributed by atoms with Gasteiger partial charge in [0.2, 0.25) is 0 Å². The van der Waals surface area contributed by atoms with Gasteiger partial charge in [0.1, 0.15) is 17.3 Å². The van der Waals surface area contributed by atoms with E-state index in [-0.39, 0.29) is 17.9 Å². The second-order valence-corrected chi connectivity index (χ2v) is 8.36. The van der Waals surface area contributed by atoms with Crippen LogP contribution >= 0.6 is 0 Å². The van der Waals surface area contributed by atoms with Crippen molar-refractivity contribution in [3.05, 3.63) is 78.0 Å². The number of ether oxygens (including phenoxy) is 1. The van der Waals surface area contributed by atoms with E-state index in [9.17, 15) is 4.39 Å². The van der Waals surface area contributed by atoms with Crippen molar-refractivity contribution in [2.75, 3.05) is 13.1 Å². The van der Waals surface area contributed by atoms with E-state index >= 15 is 0 Å². The number of rotatable bonds is 5. The van der Waals surface area contributed by atoms with Gasteiger partial charge in [-0.2, -0.15) is 4.98 Å². The highest BCUT2D eigenvalue weighted by Crippen LogP contribution is 2.36. The van der Waals surface area contributed by atoms with Crippen LogP contribution in [0.2, 0.25) is 0 Å². The molecule has 5 rings (SSSR count). The molecule has 2 aromatic carbocycles. The smallest absolute Gasteiger partial charge is 0.322 e. The van der Waals surface area contributed by atoms with E-state index < -0.39 is 0 Å². The van der Waals surface area contributed by atoms with Gasteiger partial charge < -0.3 is 14.6 Å². The molecule has 0 unspecified atom stereocenters. The average Bonchev–Trinajstić information content (AvgIpc) is 3.28. The molecule has 4 aromatic rings. The summed E-state index contributed by atoms with van der Waals surface area (Å²) >= 11 is 0. The van der Waals surface area contributed by atoms with Crippen LogP contribution in [0.25, 0.3) is 22.6 Å². The Hall–Kier alpha value is -3.58. The molecule has 1 N–H and O–H groups in total. The highest BCUT2D eigenvalue weighted by Gasteiger charge is 2.25. The molecule has 0 spiro atoms. The molecule has 0 bridgehead atoms. The number of aryl methyl sites for hydroxylation is 2. The number of halogens is 1. The van der Waals surface area contributed by atoms with Crippen molar-refractivity contribution in [3.63, 3.8) is 0 Å². The molecule has 3 heterocycles. The summed E-state index contributed by atoms with van der Waals surface area (Å²) in [4.78, 5) is 13.7. The first-order valence-electron chi connectivity index (χ1n) is 11.2. The van der Waals surface area contributed by atoms with Crippen LogP contribution in [0.4, 0.5) is 4.39 Å². The van der Waals surface area contributed by atoms with Crippen molar-refractivity contribution in [1.29, 1.82) is 0 Å². The molecule has 1 fully saturated rings. The largest absolute Gasteiger partial charge is 0.424 e. The molecule has 2 aromatic heterocycles. The summed E-state index contributed by atoms with van der Waals surface area (Å²) in [5.74, 6) is 0.436. The molecule has 1 aliphatic rings. The van der Waals surface area contributed by atoms with E-state index in [4.69, 9.17) is 9.72 Å². The Morgan fingerprint density at radius 3 is 2.48 bits per heavy atom.